The third kappa shape index (κ3) is 3.06. The molecule has 0 amide bonds. The van der Waals surface area contributed by atoms with Crippen molar-refractivity contribution in [1.82, 2.24) is 29.9 Å². The SMILES string of the molecule is Cn1cc(-c2cc([C@@](C)(c3ccc(-c4cnc(N)nc4)nc3)C3CC3)no2)cn1. The average Bonchev–Trinajstić information content (AvgIpc) is 3.32. The van der Waals surface area contributed by atoms with E-state index in [0.29, 0.717) is 5.92 Å². The van der Waals surface area contributed by atoms with Gasteiger partial charge in [-0.15, -0.1) is 0 Å². The van der Waals surface area contributed by atoms with Gasteiger partial charge in [-0.1, -0.05) is 11.2 Å². The predicted octanol–water partition coefficient (Wildman–Crippen LogP) is 3.23. The molecule has 1 fully saturated rings. The van der Waals surface area contributed by atoms with Gasteiger partial charge in [0.2, 0.25) is 5.95 Å². The Labute approximate surface area is 167 Å². The zero-order chi connectivity index (χ0) is 20.0. The molecule has 8 nitrogen and oxygen atoms in total. The minimum Gasteiger partial charge on any atom is -0.368 e. The Morgan fingerprint density at radius 3 is 2.48 bits per heavy atom. The van der Waals surface area contributed by atoms with Gasteiger partial charge < -0.3 is 10.3 Å². The predicted molar refractivity (Wildman–Crippen MR) is 108 cm³/mol. The molecular formula is C21H21N7O. The maximum Gasteiger partial charge on any atom is 0.219 e. The van der Waals surface area contributed by atoms with Crippen molar-refractivity contribution in [3.05, 3.63) is 60.4 Å². The van der Waals surface area contributed by atoms with Crippen LogP contribution in [0, 0.1) is 5.92 Å². The molecule has 146 valence electrons. The van der Waals surface area contributed by atoms with Crippen molar-refractivity contribution in [1.29, 1.82) is 0 Å². The highest BCUT2D eigenvalue weighted by atomic mass is 16.5. The van der Waals surface area contributed by atoms with Gasteiger partial charge in [-0.05, 0) is 37.3 Å². The van der Waals surface area contributed by atoms with E-state index in [9.17, 15) is 0 Å². The third-order valence-electron chi connectivity index (χ3n) is 5.76. The fraction of sp³-hybridized carbons (Fsp3) is 0.286. The number of nitrogens with zero attached hydrogens (tertiary/aromatic N) is 6. The van der Waals surface area contributed by atoms with Crippen LogP contribution in [0.4, 0.5) is 5.95 Å². The van der Waals surface area contributed by atoms with Gasteiger partial charge in [-0.3, -0.25) is 9.67 Å². The van der Waals surface area contributed by atoms with Gasteiger partial charge in [0.25, 0.3) is 0 Å². The molecule has 4 aromatic rings. The Balaban J connectivity index is 1.50. The molecule has 2 N–H and O–H groups in total. The summed E-state index contributed by atoms with van der Waals surface area (Å²) in [5, 5.41) is 8.64. The van der Waals surface area contributed by atoms with Crippen molar-refractivity contribution in [2.75, 3.05) is 5.73 Å². The maximum absolute atomic E-state index is 5.66. The molecule has 0 radical (unpaired) electrons. The lowest BCUT2D eigenvalue weighted by atomic mass is 9.75. The van der Waals surface area contributed by atoms with E-state index in [0.717, 1.165) is 33.8 Å². The van der Waals surface area contributed by atoms with Crippen LogP contribution >= 0.6 is 0 Å². The smallest absolute Gasteiger partial charge is 0.219 e. The Bertz CT molecular complexity index is 1140. The molecule has 4 aromatic heterocycles. The highest BCUT2D eigenvalue weighted by molar-refractivity contribution is 5.59. The Hall–Kier alpha value is -3.55. The van der Waals surface area contributed by atoms with Gasteiger partial charge in [0, 0.05) is 48.9 Å². The lowest BCUT2D eigenvalue weighted by Crippen LogP contribution is -2.27. The minimum absolute atomic E-state index is 0.252. The van der Waals surface area contributed by atoms with Gasteiger partial charge in [0.05, 0.1) is 23.1 Å². The molecule has 0 aromatic carbocycles. The highest BCUT2D eigenvalue weighted by Crippen LogP contribution is 2.51. The molecule has 1 aliphatic carbocycles. The van der Waals surface area contributed by atoms with Gasteiger partial charge in [0.15, 0.2) is 5.76 Å². The van der Waals surface area contributed by atoms with Crippen molar-refractivity contribution >= 4 is 5.95 Å². The molecule has 29 heavy (non-hydrogen) atoms. The number of hydrogen-bond donors (Lipinski definition) is 1. The summed E-state index contributed by atoms with van der Waals surface area (Å²) < 4.78 is 7.41. The number of aryl methyl sites for hydroxylation is 1. The summed E-state index contributed by atoms with van der Waals surface area (Å²) in [6.07, 6.45) is 11.3. The molecule has 5 rings (SSSR count). The normalized spacial score (nSPS) is 15.9. The van der Waals surface area contributed by atoms with Crippen LogP contribution < -0.4 is 5.73 Å². The summed E-state index contributed by atoms with van der Waals surface area (Å²) in [6.45, 7) is 2.22. The largest absolute Gasteiger partial charge is 0.368 e. The van der Waals surface area contributed by atoms with Crippen LogP contribution in [-0.2, 0) is 12.5 Å². The van der Waals surface area contributed by atoms with Crippen LogP contribution in [0.2, 0.25) is 0 Å². The van der Waals surface area contributed by atoms with E-state index in [1.165, 1.54) is 12.8 Å². The molecule has 0 spiro atoms. The van der Waals surface area contributed by atoms with Crippen molar-refractivity contribution in [2.45, 2.75) is 25.2 Å². The van der Waals surface area contributed by atoms with E-state index in [-0.39, 0.29) is 11.4 Å². The van der Waals surface area contributed by atoms with E-state index in [2.05, 4.69) is 38.2 Å². The molecule has 4 heterocycles. The summed E-state index contributed by atoms with van der Waals surface area (Å²) in [6, 6.07) is 6.12. The van der Waals surface area contributed by atoms with Crippen molar-refractivity contribution in [3.8, 4) is 22.6 Å². The highest BCUT2D eigenvalue weighted by Gasteiger charge is 2.46. The molecule has 0 unspecified atom stereocenters. The number of anilines is 1. The van der Waals surface area contributed by atoms with Crippen molar-refractivity contribution < 1.29 is 4.52 Å². The first kappa shape index (κ1) is 17.5. The molecule has 0 bridgehead atoms. The second-order valence-corrected chi connectivity index (χ2v) is 7.72. The van der Waals surface area contributed by atoms with E-state index in [1.54, 1.807) is 23.3 Å². The molecule has 8 heteroatoms. The molecule has 1 saturated carbocycles. The lowest BCUT2D eigenvalue weighted by Gasteiger charge is -2.27. The lowest BCUT2D eigenvalue weighted by molar-refractivity contribution is 0.387. The summed E-state index contributed by atoms with van der Waals surface area (Å²) in [7, 11) is 1.88. The summed E-state index contributed by atoms with van der Waals surface area (Å²) >= 11 is 0. The summed E-state index contributed by atoms with van der Waals surface area (Å²) in [5.74, 6) is 1.49. The number of rotatable bonds is 5. The first-order valence-corrected chi connectivity index (χ1v) is 9.54. The maximum atomic E-state index is 5.66. The zero-order valence-electron chi connectivity index (χ0n) is 16.3. The molecule has 1 atom stereocenters. The molecule has 0 saturated heterocycles. The van der Waals surface area contributed by atoms with E-state index >= 15 is 0 Å². The van der Waals surface area contributed by atoms with Crippen LogP contribution in [0.5, 0.6) is 0 Å². The van der Waals surface area contributed by atoms with E-state index in [4.69, 9.17) is 10.3 Å². The number of nitrogens with two attached hydrogens (primary N) is 1. The first-order valence-electron chi connectivity index (χ1n) is 9.54. The van der Waals surface area contributed by atoms with Gasteiger partial charge in [0.1, 0.15) is 0 Å². The summed E-state index contributed by atoms with van der Waals surface area (Å²) in [5.41, 5.74) is 9.91. The summed E-state index contributed by atoms with van der Waals surface area (Å²) in [4.78, 5) is 12.7. The topological polar surface area (TPSA) is 109 Å². The fourth-order valence-corrected chi connectivity index (χ4v) is 3.80. The van der Waals surface area contributed by atoms with Crippen LogP contribution in [0.1, 0.15) is 31.0 Å². The number of aromatic nitrogens is 6. The Morgan fingerprint density at radius 2 is 1.86 bits per heavy atom. The van der Waals surface area contributed by atoms with Crippen molar-refractivity contribution in [3.63, 3.8) is 0 Å². The third-order valence-corrected chi connectivity index (χ3v) is 5.76. The Morgan fingerprint density at radius 1 is 1.07 bits per heavy atom. The van der Waals surface area contributed by atoms with Crippen LogP contribution in [0.25, 0.3) is 22.6 Å². The molecule has 0 aliphatic heterocycles. The van der Waals surface area contributed by atoms with Crippen LogP contribution in [-0.4, -0.2) is 29.9 Å². The van der Waals surface area contributed by atoms with Crippen molar-refractivity contribution in [2.24, 2.45) is 13.0 Å². The Kier molecular flexibility index (Phi) is 3.94. The van der Waals surface area contributed by atoms with E-state index < -0.39 is 0 Å². The first-order chi connectivity index (χ1) is 14.0. The number of nitrogen functional groups attached to an aromatic ring is 1. The molecule has 1 aliphatic rings. The number of hydrogen-bond acceptors (Lipinski definition) is 7. The average molecular weight is 387 g/mol. The second kappa shape index (κ2) is 6.51. The molecular weight excluding hydrogens is 366 g/mol. The monoisotopic (exact) mass is 387 g/mol. The second-order valence-electron chi connectivity index (χ2n) is 7.72. The van der Waals surface area contributed by atoms with Crippen LogP contribution in [0.3, 0.4) is 0 Å². The van der Waals surface area contributed by atoms with Gasteiger partial charge in [-0.25, -0.2) is 9.97 Å². The quantitative estimate of drug-likeness (QED) is 0.560. The van der Waals surface area contributed by atoms with Crippen LogP contribution in [0.15, 0.2) is 53.7 Å². The van der Waals surface area contributed by atoms with Gasteiger partial charge in [-0.2, -0.15) is 5.10 Å². The standard InChI is InChI=1S/C21H21N7O/c1-21(15-3-4-15,19-7-18(29-27-19)14-10-26-28(2)12-14)16-5-6-17(23-11-16)13-8-24-20(22)25-9-13/h5-12,15H,3-4H2,1-2H3,(H2,22,24,25)/t21-/m1/s1. The minimum atomic E-state index is -0.257. The number of pyridine rings is 1. The van der Waals surface area contributed by atoms with Gasteiger partial charge >= 0.3 is 0 Å². The van der Waals surface area contributed by atoms with E-state index in [1.807, 2.05) is 31.6 Å². The zero-order valence-corrected chi connectivity index (χ0v) is 16.3. The fourth-order valence-electron chi connectivity index (χ4n) is 3.80.